The van der Waals surface area contributed by atoms with Crippen molar-refractivity contribution in [2.45, 2.75) is 0 Å². The fourth-order valence-electron chi connectivity index (χ4n) is 2.62. The van der Waals surface area contributed by atoms with Crippen molar-refractivity contribution in [2.24, 2.45) is 0 Å². The average molecular weight is 403 g/mol. The Morgan fingerprint density at radius 1 is 1.07 bits per heavy atom. The molecule has 2 aromatic rings. The van der Waals surface area contributed by atoms with Gasteiger partial charge in [0.05, 0.1) is 19.9 Å². The second-order valence-electron chi connectivity index (χ2n) is 5.55. The molecule has 1 N–H and O–H groups in total. The molecule has 0 spiro atoms. The standard InChI is InChI=1S/C19H15ClN2O4S/c1-25-15-7-6-11(9-16(15)26-2)8-14-17(23)21-19(27)22(18(14)24)13-5-3-4-12(20)10-13/h3-10H,1-2H3,(H,21,23,27). The van der Waals surface area contributed by atoms with Gasteiger partial charge in [0, 0.05) is 5.02 Å². The van der Waals surface area contributed by atoms with E-state index in [0.717, 1.165) is 0 Å². The van der Waals surface area contributed by atoms with Gasteiger partial charge >= 0.3 is 0 Å². The average Bonchev–Trinajstić information content (AvgIpc) is 2.64. The summed E-state index contributed by atoms with van der Waals surface area (Å²) in [7, 11) is 3.03. The zero-order chi connectivity index (χ0) is 19.6. The van der Waals surface area contributed by atoms with Crippen LogP contribution in [0, 0.1) is 0 Å². The van der Waals surface area contributed by atoms with Crippen molar-refractivity contribution in [1.29, 1.82) is 0 Å². The molecule has 1 saturated heterocycles. The van der Waals surface area contributed by atoms with E-state index in [9.17, 15) is 9.59 Å². The third-order valence-corrected chi connectivity index (χ3v) is 4.41. The topological polar surface area (TPSA) is 67.9 Å². The van der Waals surface area contributed by atoms with E-state index in [1.165, 1.54) is 25.2 Å². The number of nitrogens with zero attached hydrogens (tertiary/aromatic N) is 1. The quantitative estimate of drug-likeness (QED) is 0.483. The smallest absolute Gasteiger partial charge is 0.270 e. The highest BCUT2D eigenvalue weighted by molar-refractivity contribution is 7.80. The van der Waals surface area contributed by atoms with Crippen LogP contribution >= 0.6 is 23.8 Å². The van der Waals surface area contributed by atoms with Crippen LogP contribution in [0.25, 0.3) is 6.08 Å². The lowest BCUT2D eigenvalue weighted by atomic mass is 10.1. The molecule has 138 valence electrons. The van der Waals surface area contributed by atoms with E-state index in [1.54, 1.807) is 42.5 Å². The molecule has 0 radical (unpaired) electrons. The molecule has 8 heteroatoms. The summed E-state index contributed by atoms with van der Waals surface area (Å²) < 4.78 is 10.4. The molecule has 1 fully saturated rings. The van der Waals surface area contributed by atoms with Gasteiger partial charge in [0.2, 0.25) is 0 Å². The lowest BCUT2D eigenvalue weighted by molar-refractivity contribution is -0.122. The number of halogens is 1. The van der Waals surface area contributed by atoms with Gasteiger partial charge in [-0.05, 0) is 54.2 Å². The molecule has 3 rings (SSSR count). The minimum atomic E-state index is -0.571. The Hall–Kier alpha value is -2.90. The third-order valence-electron chi connectivity index (χ3n) is 3.89. The van der Waals surface area contributed by atoms with Gasteiger partial charge in [-0.2, -0.15) is 0 Å². The predicted molar refractivity (Wildman–Crippen MR) is 107 cm³/mol. The minimum Gasteiger partial charge on any atom is -0.493 e. The molecule has 2 aromatic carbocycles. The van der Waals surface area contributed by atoms with Crippen LogP contribution < -0.4 is 19.7 Å². The molecule has 0 bridgehead atoms. The second-order valence-corrected chi connectivity index (χ2v) is 6.38. The highest BCUT2D eigenvalue weighted by Crippen LogP contribution is 2.29. The van der Waals surface area contributed by atoms with E-state index in [1.807, 2.05) is 0 Å². The van der Waals surface area contributed by atoms with Gasteiger partial charge in [-0.15, -0.1) is 0 Å². The Kier molecular flexibility index (Phi) is 5.43. The molecular formula is C19H15ClN2O4S. The molecular weight excluding hydrogens is 388 g/mol. The number of carbonyl (C=O) groups is 2. The summed E-state index contributed by atoms with van der Waals surface area (Å²) in [6.07, 6.45) is 1.47. The maximum atomic E-state index is 13.0. The SMILES string of the molecule is COc1ccc(C=C2C(=O)NC(=S)N(c3cccc(Cl)c3)C2=O)cc1OC. The van der Waals surface area contributed by atoms with E-state index in [-0.39, 0.29) is 10.7 Å². The number of carbonyl (C=O) groups excluding carboxylic acids is 2. The number of methoxy groups -OCH3 is 2. The Balaban J connectivity index is 2.02. The van der Waals surface area contributed by atoms with E-state index >= 15 is 0 Å². The molecule has 27 heavy (non-hydrogen) atoms. The van der Waals surface area contributed by atoms with Gasteiger partial charge in [0.1, 0.15) is 5.57 Å². The summed E-state index contributed by atoms with van der Waals surface area (Å²) in [6, 6.07) is 11.7. The van der Waals surface area contributed by atoms with Crippen LogP contribution in [0.5, 0.6) is 11.5 Å². The van der Waals surface area contributed by atoms with Crippen LogP contribution in [-0.4, -0.2) is 31.1 Å². The predicted octanol–water partition coefficient (Wildman–Crippen LogP) is 3.19. The van der Waals surface area contributed by atoms with Gasteiger partial charge < -0.3 is 9.47 Å². The summed E-state index contributed by atoms with van der Waals surface area (Å²) in [4.78, 5) is 26.5. The molecule has 1 aliphatic heterocycles. The summed E-state index contributed by atoms with van der Waals surface area (Å²) in [5.74, 6) is -0.0857. The number of amides is 2. The third kappa shape index (κ3) is 3.79. The fourth-order valence-corrected chi connectivity index (χ4v) is 3.08. The van der Waals surface area contributed by atoms with E-state index in [4.69, 9.17) is 33.3 Å². The number of hydrogen-bond acceptors (Lipinski definition) is 5. The first kappa shape index (κ1) is 18.9. The molecule has 0 unspecified atom stereocenters. The number of nitrogens with one attached hydrogen (secondary N) is 1. The largest absolute Gasteiger partial charge is 0.493 e. The summed E-state index contributed by atoms with van der Waals surface area (Å²) >= 11 is 11.2. The van der Waals surface area contributed by atoms with Crippen molar-refractivity contribution in [3.63, 3.8) is 0 Å². The van der Waals surface area contributed by atoms with Crippen LogP contribution in [0.15, 0.2) is 48.0 Å². The van der Waals surface area contributed by atoms with Crippen LogP contribution in [0.1, 0.15) is 5.56 Å². The number of rotatable bonds is 4. The van der Waals surface area contributed by atoms with E-state index < -0.39 is 11.8 Å². The molecule has 6 nitrogen and oxygen atoms in total. The lowest BCUT2D eigenvalue weighted by Crippen LogP contribution is -2.54. The molecule has 0 atom stereocenters. The number of ether oxygens (including phenoxy) is 2. The molecule has 2 amide bonds. The van der Waals surface area contributed by atoms with Crippen LogP contribution in [0.3, 0.4) is 0 Å². The van der Waals surface area contributed by atoms with Gasteiger partial charge in [-0.1, -0.05) is 23.7 Å². The molecule has 0 aromatic heterocycles. The van der Waals surface area contributed by atoms with E-state index in [2.05, 4.69) is 5.32 Å². The second kappa shape index (κ2) is 7.77. The number of thiocarbonyl (C=S) groups is 1. The Morgan fingerprint density at radius 3 is 2.48 bits per heavy atom. The van der Waals surface area contributed by atoms with Crippen molar-refractivity contribution < 1.29 is 19.1 Å². The zero-order valence-corrected chi connectivity index (χ0v) is 16.1. The van der Waals surface area contributed by atoms with Crippen molar-refractivity contribution in [3.05, 3.63) is 58.6 Å². The molecule has 1 heterocycles. The molecule has 1 aliphatic rings. The number of anilines is 1. The lowest BCUT2D eigenvalue weighted by Gasteiger charge is -2.29. The van der Waals surface area contributed by atoms with Crippen molar-refractivity contribution in [2.75, 3.05) is 19.1 Å². The van der Waals surface area contributed by atoms with Gasteiger partial charge in [0.15, 0.2) is 16.6 Å². The van der Waals surface area contributed by atoms with Crippen LogP contribution in [-0.2, 0) is 9.59 Å². The first-order chi connectivity index (χ1) is 12.9. The van der Waals surface area contributed by atoms with Crippen LogP contribution in [0.4, 0.5) is 5.69 Å². The zero-order valence-electron chi connectivity index (χ0n) is 14.5. The molecule has 0 saturated carbocycles. The first-order valence-corrected chi connectivity index (χ1v) is 8.62. The maximum absolute atomic E-state index is 13.0. The van der Waals surface area contributed by atoms with Gasteiger partial charge in [-0.25, -0.2) is 0 Å². The summed E-state index contributed by atoms with van der Waals surface area (Å²) in [6.45, 7) is 0. The minimum absolute atomic E-state index is 0.00303. The Labute approximate surface area is 166 Å². The molecule has 0 aliphatic carbocycles. The highest BCUT2D eigenvalue weighted by Gasteiger charge is 2.34. The Morgan fingerprint density at radius 2 is 1.81 bits per heavy atom. The van der Waals surface area contributed by atoms with Crippen LogP contribution in [0.2, 0.25) is 5.02 Å². The van der Waals surface area contributed by atoms with Gasteiger partial charge in [0.25, 0.3) is 11.8 Å². The number of hydrogen-bond donors (Lipinski definition) is 1. The number of benzene rings is 2. The highest BCUT2D eigenvalue weighted by atomic mass is 35.5. The summed E-state index contributed by atoms with van der Waals surface area (Å²) in [5, 5.41) is 2.98. The summed E-state index contributed by atoms with van der Waals surface area (Å²) in [5.41, 5.74) is 1.01. The fraction of sp³-hybridized carbons (Fsp3) is 0.105. The van der Waals surface area contributed by atoms with Gasteiger partial charge in [-0.3, -0.25) is 19.8 Å². The monoisotopic (exact) mass is 402 g/mol. The van der Waals surface area contributed by atoms with E-state index in [0.29, 0.717) is 27.8 Å². The van der Waals surface area contributed by atoms with Crippen molar-refractivity contribution >= 4 is 52.5 Å². The maximum Gasteiger partial charge on any atom is 0.270 e. The first-order valence-electron chi connectivity index (χ1n) is 7.83. The van der Waals surface area contributed by atoms with Crippen molar-refractivity contribution in [1.82, 2.24) is 5.32 Å². The normalized spacial score (nSPS) is 15.7. The Bertz CT molecular complexity index is 974. The van der Waals surface area contributed by atoms with Crippen molar-refractivity contribution in [3.8, 4) is 11.5 Å².